The molecule has 0 spiro atoms. The Balaban J connectivity index is 0. The molecule has 0 heterocycles. The highest BCUT2D eigenvalue weighted by atomic mass is 127. The van der Waals surface area contributed by atoms with Gasteiger partial charge in [-0.1, -0.05) is 13.8 Å². The summed E-state index contributed by atoms with van der Waals surface area (Å²) in [6.07, 6.45) is 2.40. The molecule has 0 atom stereocenters. The zero-order chi connectivity index (χ0) is 12.9. The molecule has 0 aliphatic heterocycles. The van der Waals surface area contributed by atoms with Crippen LogP contribution in [-0.2, 0) is 0 Å². The molecule has 0 fully saturated rings. The maximum atomic E-state index is 4.53. The highest BCUT2D eigenvalue weighted by Crippen LogP contribution is 1.95. The first-order valence-corrected chi connectivity index (χ1v) is 7.02. The quantitative estimate of drug-likeness (QED) is 0.283. The van der Waals surface area contributed by atoms with Crippen LogP contribution in [0.2, 0.25) is 0 Å². The molecule has 110 valence electrons. The molecule has 0 aromatic carbocycles. The predicted octanol–water partition coefficient (Wildman–Crippen LogP) is 2.30. The normalized spacial score (nSPS) is 9.83. The Morgan fingerprint density at radius 1 is 0.944 bits per heavy atom. The summed E-state index contributed by atoms with van der Waals surface area (Å²) >= 11 is 0. The van der Waals surface area contributed by atoms with Crippen LogP contribution in [0, 0.1) is 0 Å². The molecular weight excluding hydrogens is 339 g/mol. The van der Waals surface area contributed by atoms with E-state index < -0.39 is 0 Å². The molecule has 0 bridgehead atoms. The number of rotatable bonds is 9. The topological polar surface area (TPSA) is 39.7 Å². The van der Waals surface area contributed by atoms with E-state index in [-0.39, 0.29) is 24.0 Å². The number of unbranched alkanes of at least 4 members (excludes halogenated alkanes) is 1. The minimum atomic E-state index is 0. The zero-order valence-electron chi connectivity index (χ0n) is 12.5. The first-order valence-electron chi connectivity index (χ1n) is 7.02. The van der Waals surface area contributed by atoms with Crippen LogP contribution in [0.15, 0.2) is 4.99 Å². The Kier molecular flexibility index (Phi) is 16.9. The highest BCUT2D eigenvalue weighted by Gasteiger charge is 1.98. The van der Waals surface area contributed by atoms with Crippen molar-refractivity contribution in [1.29, 1.82) is 0 Å². The van der Waals surface area contributed by atoms with E-state index in [0.29, 0.717) is 0 Å². The van der Waals surface area contributed by atoms with Gasteiger partial charge in [0.15, 0.2) is 5.96 Å². The SMILES string of the molecule is CCNC(=NCCCCN(CC)CC)NCC.I. The van der Waals surface area contributed by atoms with Gasteiger partial charge in [-0.3, -0.25) is 4.99 Å². The Hall–Kier alpha value is -0.0400. The van der Waals surface area contributed by atoms with Crippen LogP contribution in [0.5, 0.6) is 0 Å². The van der Waals surface area contributed by atoms with Crippen LogP contribution in [-0.4, -0.2) is 50.1 Å². The van der Waals surface area contributed by atoms with Crippen molar-refractivity contribution < 1.29 is 0 Å². The monoisotopic (exact) mass is 370 g/mol. The third kappa shape index (κ3) is 11.1. The van der Waals surface area contributed by atoms with Gasteiger partial charge in [-0.15, -0.1) is 24.0 Å². The van der Waals surface area contributed by atoms with Crippen LogP contribution < -0.4 is 10.6 Å². The van der Waals surface area contributed by atoms with E-state index in [1.807, 2.05) is 0 Å². The number of halogens is 1. The maximum absolute atomic E-state index is 4.53. The summed E-state index contributed by atoms with van der Waals surface area (Å²) in [6.45, 7) is 14.9. The van der Waals surface area contributed by atoms with Crippen molar-refractivity contribution in [3.63, 3.8) is 0 Å². The van der Waals surface area contributed by atoms with Gasteiger partial charge in [-0.25, -0.2) is 0 Å². The summed E-state index contributed by atoms with van der Waals surface area (Å²) in [7, 11) is 0. The second-order valence-corrected chi connectivity index (χ2v) is 4.02. The van der Waals surface area contributed by atoms with E-state index in [2.05, 4.69) is 48.2 Å². The fraction of sp³-hybridized carbons (Fsp3) is 0.923. The van der Waals surface area contributed by atoms with E-state index >= 15 is 0 Å². The van der Waals surface area contributed by atoms with Crippen LogP contribution in [0.3, 0.4) is 0 Å². The van der Waals surface area contributed by atoms with Gasteiger partial charge >= 0.3 is 0 Å². The van der Waals surface area contributed by atoms with Crippen LogP contribution in [0.25, 0.3) is 0 Å². The minimum absolute atomic E-state index is 0. The predicted molar refractivity (Wildman–Crippen MR) is 92.1 cm³/mol. The lowest BCUT2D eigenvalue weighted by Gasteiger charge is -2.17. The van der Waals surface area contributed by atoms with Gasteiger partial charge in [0, 0.05) is 19.6 Å². The molecule has 5 heteroatoms. The van der Waals surface area contributed by atoms with Gasteiger partial charge < -0.3 is 15.5 Å². The molecule has 2 N–H and O–H groups in total. The summed E-state index contributed by atoms with van der Waals surface area (Å²) in [5.74, 6) is 0.942. The number of hydrogen-bond donors (Lipinski definition) is 2. The molecule has 0 rings (SSSR count). The number of guanidine groups is 1. The molecule has 0 amide bonds. The summed E-state index contributed by atoms with van der Waals surface area (Å²) < 4.78 is 0. The van der Waals surface area contributed by atoms with E-state index in [4.69, 9.17) is 0 Å². The van der Waals surface area contributed by atoms with Crippen LogP contribution >= 0.6 is 24.0 Å². The second-order valence-electron chi connectivity index (χ2n) is 4.02. The lowest BCUT2D eigenvalue weighted by Crippen LogP contribution is -2.37. The Bertz CT molecular complexity index is 185. The van der Waals surface area contributed by atoms with Crippen molar-refractivity contribution in [3.05, 3.63) is 0 Å². The highest BCUT2D eigenvalue weighted by molar-refractivity contribution is 14.0. The third-order valence-corrected chi connectivity index (χ3v) is 2.74. The van der Waals surface area contributed by atoms with Gasteiger partial charge in [0.2, 0.25) is 0 Å². The standard InChI is InChI=1S/C13H30N4.HI/c1-5-14-13(15-6-2)16-11-9-10-12-17(7-3)8-4;/h5-12H2,1-4H3,(H2,14,15,16);1H. The molecular formula is C13H31IN4. The lowest BCUT2D eigenvalue weighted by molar-refractivity contribution is 0.297. The largest absolute Gasteiger partial charge is 0.357 e. The fourth-order valence-electron chi connectivity index (χ4n) is 1.69. The van der Waals surface area contributed by atoms with Gasteiger partial charge in [0.25, 0.3) is 0 Å². The van der Waals surface area contributed by atoms with Gasteiger partial charge in [-0.05, 0) is 46.3 Å². The van der Waals surface area contributed by atoms with E-state index in [1.165, 1.54) is 13.0 Å². The molecule has 18 heavy (non-hydrogen) atoms. The van der Waals surface area contributed by atoms with E-state index in [0.717, 1.165) is 45.1 Å². The summed E-state index contributed by atoms with van der Waals surface area (Å²) in [6, 6.07) is 0. The average molecular weight is 370 g/mol. The number of aliphatic imine (C=N–C) groups is 1. The fourth-order valence-corrected chi connectivity index (χ4v) is 1.69. The van der Waals surface area contributed by atoms with Gasteiger partial charge in [0.05, 0.1) is 0 Å². The lowest BCUT2D eigenvalue weighted by atomic mass is 10.3. The summed E-state index contributed by atoms with van der Waals surface area (Å²) in [5.41, 5.74) is 0. The van der Waals surface area contributed by atoms with E-state index in [1.54, 1.807) is 0 Å². The first kappa shape index (κ1) is 20.3. The van der Waals surface area contributed by atoms with Crippen molar-refractivity contribution in [2.45, 2.75) is 40.5 Å². The van der Waals surface area contributed by atoms with Crippen molar-refractivity contribution in [2.24, 2.45) is 4.99 Å². The smallest absolute Gasteiger partial charge is 0.191 e. The first-order chi connectivity index (χ1) is 8.28. The van der Waals surface area contributed by atoms with Crippen molar-refractivity contribution in [1.82, 2.24) is 15.5 Å². The molecule has 0 saturated carbocycles. The second kappa shape index (κ2) is 15.0. The number of hydrogen-bond acceptors (Lipinski definition) is 2. The van der Waals surface area contributed by atoms with Crippen molar-refractivity contribution >= 4 is 29.9 Å². The Labute approximate surface area is 130 Å². The number of nitrogens with zero attached hydrogens (tertiary/aromatic N) is 2. The summed E-state index contributed by atoms with van der Waals surface area (Å²) in [5, 5.41) is 6.47. The van der Waals surface area contributed by atoms with Crippen LogP contribution in [0.1, 0.15) is 40.5 Å². The van der Waals surface area contributed by atoms with Crippen molar-refractivity contribution in [2.75, 3.05) is 39.3 Å². The number of nitrogens with one attached hydrogen (secondary N) is 2. The third-order valence-electron chi connectivity index (χ3n) is 2.74. The molecule has 0 aliphatic carbocycles. The molecule has 0 unspecified atom stereocenters. The van der Waals surface area contributed by atoms with Crippen molar-refractivity contribution in [3.8, 4) is 0 Å². The summed E-state index contributed by atoms with van der Waals surface area (Å²) in [4.78, 5) is 6.99. The van der Waals surface area contributed by atoms with Gasteiger partial charge in [0.1, 0.15) is 0 Å². The molecule has 0 aromatic heterocycles. The zero-order valence-corrected chi connectivity index (χ0v) is 14.8. The van der Waals surface area contributed by atoms with Crippen LogP contribution in [0.4, 0.5) is 0 Å². The maximum Gasteiger partial charge on any atom is 0.191 e. The molecule has 4 nitrogen and oxygen atoms in total. The van der Waals surface area contributed by atoms with Gasteiger partial charge in [-0.2, -0.15) is 0 Å². The Morgan fingerprint density at radius 2 is 1.50 bits per heavy atom. The molecule has 0 radical (unpaired) electrons. The molecule has 0 saturated heterocycles. The Morgan fingerprint density at radius 3 is 1.94 bits per heavy atom. The molecule has 0 aromatic rings. The minimum Gasteiger partial charge on any atom is -0.357 e. The molecule has 0 aliphatic rings. The average Bonchev–Trinajstić information content (AvgIpc) is 2.34. The van der Waals surface area contributed by atoms with E-state index in [9.17, 15) is 0 Å².